The van der Waals surface area contributed by atoms with Gasteiger partial charge < -0.3 is 9.47 Å². The molecular formula is C15H22F2O2. The predicted octanol–water partition coefficient (Wildman–Crippen LogP) is 4.71. The van der Waals surface area contributed by atoms with Gasteiger partial charge in [0.15, 0.2) is 11.5 Å². The summed E-state index contributed by atoms with van der Waals surface area (Å²) in [6.07, 6.45) is 4.68. The van der Waals surface area contributed by atoms with Crippen LogP contribution < -0.4 is 9.47 Å². The van der Waals surface area contributed by atoms with E-state index in [-0.39, 0.29) is 11.5 Å². The van der Waals surface area contributed by atoms with E-state index in [0.29, 0.717) is 13.2 Å². The van der Waals surface area contributed by atoms with Gasteiger partial charge in [0.2, 0.25) is 11.6 Å². The first kappa shape index (κ1) is 15.7. The minimum Gasteiger partial charge on any atom is -0.490 e. The normalized spacial score (nSPS) is 10.5. The summed E-state index contributed by atoms with van der Waals surface area (Å²) in [5, 5.41) is 0. The molecule has 0 bridgehead atoms. The van der Waals surface area contributed by atoms with Crippen molar-refractivity contribution >= 4 is 0 Å². The molecule has 1 aromatic rings. The van der Waals surface area contributed by atoms with E-state index < -0.39 is 11.6 Å². The van der Waals surface area contributed by atoms with Gasteiger partial charge in [-0.15, -0.1) is 0 Å². The number of halogens is 2. The summed E-state index contributed by atoms with van der Waals surface area (Å²) < 4.78 is 37.8. The molecule has 1 aromatic carbocycles. The van der Waals surface area contributed by atoms with Crippen LogP contribution in [0.15, 0.2) is 12.1 Å². The van der Waals surface area contributed by atoms with Gasteiger partial charge in [-0.25, -0.2) is 0 Å². The molecule has 0 radical (unpaired) electrons. The molecule has 2 nitrogen and oxygen atoms in total. The lowest BCUT2D eigenvalue weighted by Gasteiger charge is -2.11. The van der Waals surface area contributed by atoms with Crippen molar-refractivity contribution in [1.82, 2.24) is 0 Å². The van der Waals surface area contributed by atoms with Crippen molar-refractivity contribution in [1.29, 1.82) is 0 Å². The van der Waals surface area contributed by atoms with Gasteiger partial charge in [-0.1, -0.05) is 33.1 Å². The van der Waals surface area contributed by atoms with Gasteiger partial charge in [-0.05, 0) is 25.0 Å². The summed E-state index contributed by atoms with van der Waals surface area (Å²) in [7, 11) is 0. The molecule has 0 saturated heterocycles. The number of benzene rings is 1. The standard InChI is InChI=1S/C15H22F2O2/c1-3-5-7-11-19-13-9-8-12(14(16)15(13)17)18-10-6-4-2/h8-9H,3-7,10-11H2,1-2H3. The first-order valence-corrected chi connectivity index (χ1v) is 6.94. The van der Waals surface area contributed by atoms with Gasteiger partial charge in [0.05, 0.1) is 13.2 Å². The molecule has 0 aliphatic carbocycles. The Balaban J connectivity index is 2.58. The van der Waals surface area contributed by atoms with Crippen LogP contribution in [0.25, 0.3) is 0 Å². The summed E-state index contributed by atoms with van der Waals surface area (Å²) in [4.78, 5) is 0. The maximum atomic E-state index is 13.7. The number of ether oxygens (including phenoxy) is 2. The fourth-order valence-electron chi connectivity index (χ4n) is 1.60. The zero-order chi connectivity index (χ0) is 14.1. The lowest BCUT2D eigenvalue weighted by Crippen LogP contribution is -2.04. The molecule has 1 rings (SSSR count). The van der Waals surface area contributed by atoms with Gasteiger partial charge in [0, 0.05) is 0 Å². The highest BCUT2D eigenvalue weighted by atomic mass is 19.2. The highest BCUT2D eigenvalue weighted by Crippen LogP contribution is 2.27. The number of unbranched alkanes of at least 4 members (excludes halogenated alkanes) is 3. The molecule has 108 valence electrons. The summed E-state index contributed by atoms with van der Waals surface area (Å²) >= 11 is 0. The van der Waals surface area contributed by atoms with Crippen LogP contribution in [0.4, 0.5) is 8.78 Å². The van der Waals surface area contributed by atoms with E-state index in [4.69, 9.17) is 9.47 Å². The van der Waals surface area contributed by atoms with Gasteiger partial charge in [-0.2, -0.15) is 8.78 Å². The van der Waals surface area contributed by atoms with Crippen LogP contribution in [0.3, 0.4) is 0 Å². The fourth-order valence-corrected chi connectivity index (χ4v) is 1.60. The highest BCUT2D eigenvalue weighted by molar-refractivity contribution is 5.35. The summed E-state index contributed by atoms with van der Waals surface area (Å²) in [6, 6.07) is 2.84. The average Bonchev–Trinajstić information content (AvgIpc) is 2.42. The van der Waals surface area contributed by atoms with Crippen molar-refractivity contribution in [3.05, 3.63) is 23.8 Å². The summed E-state index contributed by atoms with van der Waals surface area (Å²) in [6.45, 7) is 4.88. The van der Waals surface area contributed by atoms with Crippen molar-refractivity contribution in [2.45, 2.75) is 46.0 Å². The minimum absolute atomic E-state index is 0.0450. The zero-order valence-corrected chi connectivity index (χ0v) is 11.7. The Hall–Kier alpha value is -1.32. The first-order valence-electron chi connectivity index (χ1n) is 6.94. The fraction of sp³-hybridized carbons (Fsp3) is 0.600. The molecular weight excluding hydrogens is 250 g/mol. The second kappa shape index (κ2) is 8.73. The highest BCUT2D eigenvalue weighted by Gasteiger charge is 2.15. The summed E-state index contributed by atoms with van der Waals surface area (Å²) in [5.41, 5.74) is 0. The molecule has 0 spiro atoms. The molecule has 0 aliphatic rings. The predicted molar refractivity (Wildman–Crippen MR) is 71.8 cm³/mol. The first-order chi connectivity index (χ1) is 9.20. The molecule has 0 atom stereocenters. The SMILES string of the molecule is CCCCCOc1ccc(OCCCC)c(F)c1F. The molecule has 0 fully saturated rings. The Kier molecular flexibility index (Phi) is 7.23. The van der Waals surface area contributed by atoms with Crippen molar-refractivity contribution in [3.63, 3.8) is 0 Å². The molecule has 0 unspecified atom stereocenters. The Morgan fingerprint density at radius 3 is 1.74 bits per heavy atom. The van der Waals surface area contributed by atoms with Crippen molar-refractivity contribution in [2.75, 3.05) is 13.2 Å². The second-order valence-corrected chi connectivity index (χ2v) is 4.45. The van der Waals surface area contributed by atoms with E-state index in [2.05, 4.69) is 6.92 Å². The van der Waals surface area contributed by atoms with Crippen LogP contribution in [-0.4, -0.2) is 13.2 Å². The topological polar surface area (TPSA) is 18.5 Å². The van der Waals surface area contributed by atoms with E-state index in [1.54, 1.807) is 0 Å². The Bertz CT molecular complexity index is 381. The van der Waals surface area contributed by atoms with Crippen LogP contribution in [0, 0.1) is 11.6 Å². The van der Waals surface area contributed by atoms with Crippen LogP contribution in [0.1, 0.15) is 46.0 Å². The molecule has 0 aromatic heterocycles. The third-order valence-electron chi connectivity index (χ3n) is 2.77. The maximum Gasteiger partial charge on any atom is 0.204 e. The number of rotatable bonds is 9. The molecule has 4 heteroatoms. The Labute approximate surface area is 113 Å². The van der Waals surface area contributed by atoms with Crippen LogP contribution >= 0.6 is 0 Å². The zero-order valence-electron chi connectivity index (χ0n) is 11.7. The van der Waals surface area contributed by atoms with Gasteiger partial charge in [0.1, 0.15) is 0 Å². The number of hydrogen-bond acceptors (Lipinski definition) is 2. The largest absolute Gasteiger partial charge is 0.490 e. The Morgan fingerprint density at radius 1 is 0.789 bits per heavy atom. The molecule has 0 aliphatic heterocycles. The van der Waals surface area contributed by atoms with Crippen molar-refractivity contribution in [3.8, 4) is 11.5 Å². The van der Waals surface area contributed by atoms with E-state index in [1.807, 2.05) is 6.92 Å². The molecule has 19 heavy (non-hydrogen) atoms. The van der Waals surface area contributed by atoms with Gasteiger partial charge in [0.25, 0.3) is 0 Å². The van der Waals surface area contributed by atoms with Crippen LogP contribution in [0.2, 0.25) is 0 Å². The lowest BCUT2D eigenvalue weighted by atomic mass is 10.2. The van der Waals surface area contributed by atoms with Gasteiger partial charge in [-0.3, -0.25) is 0 Å². The van der Waals surface area contributed by atoms with E-state index in [9.17, 15) is 8.78 Å². The Morgan fingerprint density at radius 2 is 1.26 bits per heavy atom. The summed E-state index contributed by atoms with van der Waals surface area (Å²) in [5.74, 6) is -2.03. The molecule has 0 heterocycles. The third kappa shape index (κ3) is 5.05. The minimum atomic E-state index is -0.968. The van der Waals surface area contributed by atoms with E-state index >= 15 is 0 Å². The van der Waals surface area contributed by atoms with Crippen molar-refractivity contribution in [2.24, 2.45) is 0 Å². The molecule has 0 amide bonds. The van der Waals surface area contributed by atoms with Gasteiger partial charge >= 0.3 is 0 Å². The van der Waals surface area contributed by atoms with E-state index in [0.717, 1.165) is 32.1 Å². The second-order valence-electron chi connectivity index (χ2n) is 4.45. The average molecular weight is 272 g/mol. The van der Waals surface area contributed by atoms with Crippen LogP contribution in [0.5, 0.6) is 11.5 Å². The lowest BCUT2D eigenvalue weighted by molar-refractivity contribution is 0.268. The van der Waals surface area contributed by atoms with Crippen LogP contribution in [-0.2, 0) is 0 Å². The molecule has 0 N–H and O–H groups in total. The quantitative estimate of drug-likeness (QED) is 0.606. The van der Waals surface area contributed by atoms with Crippen molar-refractivity contribution < 1.29 is 18.3 Å². The van der Waals surface area contributed by atoms with E-state index in [1.165, 1.54) is 12.1 Å². The number of hydrogen-bond donors (Lipinski definition) is 0. The maximum absolute atomic E-state index is 13.7. The third-order valence-corrected chi connectivity index (χ3v) is 2.77. The monoisotopic (exact) mass is 272 g/mol. The molecule has 0 saturated carbocycles. The smallest absolute Gasteiger partial charge is 0.204 e.